The quantitative estimate of drug-likeness (QED) is 0.564. The molecule has 0 bridgehead atoms. The van der Waals surface area contributed by atoms with Crippen LogP contribution >= 0.6 is 0 Å². The molecule has 4 rings (SSSR count). The molecule has 0 saturated heterocycles. The summed E-state index contributed by atoms with van der Waals surface area (Å²) in [6.45, 7) is 4.14. The molecule has 1 aromatic carbocycles. The summed E-state index contributed by atoms with van der Waals surface area (Å²) in [6.07, 6.45) is 6.37. The van der Waals surface area contributed by atoms with Crippen LogP contribution in [-0.4, -0.2) is 25.3 Å². The average Bonchev–Trinajstić information content (AvgIpc) is 3.12. The molecule has 2 N–H and O–H groups in total. The monoisotopic (exact) mass is 332 g/mol. The summed E-state index contributed by atoms with van der Waals surface area (Å²) in [7, 11) is 0. The van der Waals surface area contributed by atoms with E-state index in [1.54, 1.807) is 0 Å². The van der Waals surface area contributed by atoms with Crippen LogP contribution in [0.1, 0.15) is 21.6 Å². The molecule has 0 aliphatic carbocycles. The summed E-state index contributed by atoms with van der Waals surface area (Å²) in [4.78, 5) is 24.7. The fourth-order valence-corrected chi connectivity index (χ4v) is 2.72. The van der Waals surface area contributed by atoms with Gasteiger partial charge in [0.2, 0.25) is 0 Å². The second kappa shape index (κ2) is 5.86. The van der Waals surface area contributed by atoms with Crippen molar-refractivity contribution in [3.8, 4) is 0 Å². The molecule has 0 aliphatic heterocycles. The largest absolute Gasteiger partial charge is 0.312 e. The molecule has 4 aromatic rings. The summed E-state index contributed by atoms with van der Waals surface area (Å²) in [5.41, 5.74) is 10.9. The number of hydrazine groups is 1. The maximum Gasteiger partial charge on any atom is 0.289 e. The van der Waals surface area contributed by atoms with E-state index in [-0.39, 0.29) is 11.6 Å². The first-order valence-corrected chi connectivity index (χ1v) is 7.84. The third-order valence-electron chi connectivity index (χ3n) is 4.16. The van der Waals surface area contributed by atoms with Gasteiger partial charge in [-0.05, 0) is 49.2 Å². The minimum absolute atomic E-state index is 0.230. The number of aryl methyl sites for hydroxylation is 2. The molecule has 0 radical (unpaired) electrons. The van der Waals surface area contributed by atoms with Crippen LogP contribution in [0.4, 0.5) is 5.82 Å². The molecule has 0 unspecified atom stereocenters. The number of carbonyl (C=O) groups is 1. The van der Waals surface area contributed by atoms with E-state index in [1.165, 1.54) is 29.7 Å². The van der Waals surface area contributed by atoms with Crippen LogP contribution < -0.4 is 10.9 Å². The predicted molar refractivity (Wildman–Crippen MR) is 95.3 cm³/mol. The number of aromatic nitrogens is 4. The van der Waals surface area contributed by atoms with E-state index in [0.29, 0.717) is 5.82 Å². The van der Waals surface area contributed by atoms with Crippen LogP contribution in [0.2, 0.25) is 0 Å². The molecule has 124 valence electrons. The molecular weight excluding hydrogens is 316 g/mol. The number of carbonyl (C=O) groups excluding carboxylic acids is 1. The van der Waals surface area contributed by atoms with Gasteiger partial charge in [0, 0.05) is 18.6 Å². The number of nitrogens with zero attached hydrogens (tertiary/aromatic N) is 4. The van der Waals surface area contributed by atoms with E-state index < -0.39 is 0 Å². The number of nitrogens with one attached hydrogen (secondary N) is 2. The maximum absolute atomic E-state index is 12.1. The molecular formula is C18H16N6O. The second-order valence-corrected chi connectivity index (χ2v) is 5.82. The van der Waals surface area contributed by atoms with E-state index in [4.69, 9.17) is 0 Å². The van der Waals surface area contributed by atoms with Crippen LogP contribution in [0.5, 0.6) is 0 Å². The number of rotatable bonds is 3. The third-order valence-corrected chi connectivity index (χ3v) is 4.16. The molecule has 0 aliphatic rings. The van der Waals surface area contributed by atoms with Crippen LogP contribution in [0, 0.1) is 13.8 Å². The SMILES string of the molecule is Cc1cc2nc(NNC(=O)c3cnccn3)c3cccn3c2cc1C. The first kappa shape index (κ1) is 15.1. The lowest BCUT2D eigenvalue weighted by Gasteiger charge is -2.12. The zero-order valence-corrected chi connectivity index (χ0v) is 13.8. The summed E-state index contributed by atoms with van der Waals surface area (Å²) in [6, 6.07) is 8.05. The second-order valence-electron chi connectivity index (χ2n) is 5.82. The molecule has 3 aromatic heterocycles. The Morgan fingerprint density at radius 1 is 1.12 bits per heavy atom. The van der Waals surface area contributed by atoms with Crippen molar-refractivity contribution < 1.29 is 4.79 Å². The molecule has 0 spiro atoms. The van der Waals surface area contributed by atoms with Gasteiger partial charge in [-0.2, -0.15) is 0 Å². The Hall–Kier alpha value is -3.48. The molecule has 7 heteroatoms. The number of anilines is 1. The zero-order valence-electron chi connectivity index (χ0n) is 13.8. The van der Waals surface area contributed by atoms with Gasteiger partial charge in [-0.25, -0.2) is 9.97 Å². The maximum atomic E-state index is 12.1. The van der Waals surface area contributed by atoms with Crippen molar-refractivity contribution in [2.75, 3.05) is 5.43 Å². The Kier molecular flexibility index (Phi) is 3.53. The number of hydrogen-bond acceptors (Lipinski definition) is 5. The van der Waals surface area contributed by atoms with Gasteiger partial charge in [-0.1, -0.05) is 0 Å². The van der Waals surface area contributed by atoms with Crippen molar-refractivity contribution in [1.29, 1.82) is 0 Å². The topological polar surface area (TPSA) is 84.2 Å². The smallest absolute Gasteiger partial charge is 0.289 e. The van der Waals surface area contributed by atoms with E-state index in [1.807, 2.05) is 28.8 Å². The zero-order chi connectivity index (χ0) is 17.4. The van der Waals surface area contributed by atoms with Gasteiger partial charge in [0.25, 0.3) is 5.91 Å². The Morgan fingerprint density at radius 3 is 2.76 bits per heavy atom. The van der Waals surface area contributed by atoms with Crippen LogP contribution in [0.15, 0.2) is 49.1 Å². The highest BCUT2D eigenvalue weighted by Gasteiger charge is 2.11. The predicted octanol–water partition coefficient (Wildman–Crippen LogP) is 2.65. The molecule has 1 amide bonds. The van der Waals surface area contributed by atoms with Crippen molar-refractivity contribution in [2.45, 2.75) is 13.8 Å². The average molecular weight is 332 g/mol. The third kappa shape index (κ3) is 2.65. The Morgan fingerprint density at radius 2 is 1.96 bits per heavy atom. The highest BCUT2D eigenvalue weighted by Crippen LogP contribution is 2.24. The lowest BCUT2D eigenvalue weighted by Crippen LogP contribution is -2.30. The molecule has 25 heavy (non-hydrogen) atoms. The first-order chi connectivity index (χ1) is 12.1. The van der Waals surface area contributed by atoms with Crippen LogP contribution in [0.3, 0.4) is 0 Å². The summed E-state index contributed by atoms with van der Waals surface area (Å²) >= 11 is 0. The molecule has 7 nitrogen and oxygen atoms in total. The van der Waals surface area contributed by atoms with Crippen molar-refractivity contribution in [2.24, 2.45) is 0 Å². The summed E-state index contributed by atoms with van der Waals surface area (Å²) < 4.78 is 2.05. The summed E-state index contributed by atoms with van der Waals surface area (Å²) in [5.74, 6) is 0.192. The Bertz CT molecular complexity index is 1090. The molecule has 0 atom stereocenters. The Labute approximate surface area is 143 Å². The van der Waals surface area contributed by atoms with Crippen molar-refractivity contribution in [3.63, 3.8) is 0 Å². The van der Waals surface area contributed by atoms with Crippen molar-refractivity contribution in [1.82, 2.24) is 24.8 Å². The minimum Gasteiger partial charge on any atom is -0.312 e. The van der Waals surface area contributed by atoms with Gasteiger partial charge in [-0.15, -0.1) is 0 Å². The highest BCUT2D eigenvalue weighted by molar-refractivity contribution is 5.93. The minimum atomic E-state index is -0.375. The van der Waals surface area contributed by atoms with Crippen LogP contribution in [0.25, 0.3) is 16.6 Å². The van der Waals surface area contributed by atoms with Crippen molar-refractivity contribution >= 4 is 28.3 Å². The van der Waals surface area contributed by atoms with Crippen molar-refractivity contribution in [3.05, 3.63) is 65.9 Å². The fourth-order valence-electron chi connectivity index (χ4n) is 2.72. The van der Waals surface area contributed by atoms with Gasteiger partial charge in [0.1, 0.15) is 5.69 Å². The molecule has 0 saturated carbocycles. The molecule has 0 fully saturated rings. The lowest BCUT2D eigenvalue weighted by molar-refractivity contribution is 0.0957. The normalized spacial score (nSPS) is 11.0. The number of amides is 1. The Balaban J connectivity index is 1.72. The lowest BCUT2D eigenvalue weighted by atomic mass is 10.1. The van der Waals surface area contributed by atoms with Gasteiger partial charge < -0.3 is 4.40 Å². The van der Waals surface area contributed by atoms with Gasteiger partial charge in [0.15, 0.2) is 5.82 Å². The standard InChI is InChI=1S/C18H16N6O/c1-11-8-13-16(9-12(11)2)24-7-3-4-15(24)17(21-13)22-23-18(25)14-10-19-5-6-20-14/h3-10H,1-2H3,(H,21,22)(H,23,25). The number of fused-ring (bicyclic) bond motifs is 3. The van der Waals surface area contributed by atoms with E-state index >= 15 is 0 Å². The van der Waals surface area contributed by atoms with Crippen LogP contribution in [-0.2, 0) is 0 Å². The fraction of sp³-hybridized carbons (Fsp3) is 0.111. The number of benzene rings is 1. The van der Waals surface area contributed by atoms with E-state index in [0.717, 1.165) is 16.6 Å². The first-order valence-electron chi connectivity index (χ1n) is 7.84. The van der Waals surface area contributed by atoms with Gasteiger partial charge in [0.05, 0.1) is 22.7 Å². The molecule has 3 heterocycles. The summed E-state index contributed by atoms with van der Waals surface area (Å²) in [5, 5.41) is 0. The van der Waals surface area contributed by atoms with Gasteiger partial charge >= 0.3 is 0 Å². The van der Waals surface area contributed by atoms with Gasteiger partial charge in [-0.3, -0.25) is 20.6 Å². The highest BCUT2D eigenvalue weighted by atomic mass is 16.2. The number of hydrogen-bond donors (Lipinski definition) is 2. The van der Waals surface area contributed by atoms with E-state index in [2.05, 4.69) is 45.7 Å². The van der Waals surface area contributed by atoms with E-state index in [9.17, 15) is 4.79 Å².